The van der Waals surface area contributed by atoms with Gasteiger partial charge in [-0.3, -0.25) is 4.90 Å². The molecular formula is C12H24N2O. The zero-order chi connectivity index (χ0) is 10.7. The molecule has 3 nitrogen and oxygen atoms in total. The molecule has 0 aromatic heterocycles. The van der Waals surface area contributed by atoms with E-state index in [2.05, 4.69) is 24.1 Å². The maximum absolute atomic E-state index is 5.85. The van der Waals surface area contributed by atoms with E-state index in [-0.39, 0.29) is 0 Å². The van der Waals surface area contributed by atoms with E-state index < -0.39 is 0 Å². The zero-order valence-corrected chi connectivity index (χ0v) is 10.0. The highest BCUT2D eigenvalue weighted by Crippen LogP contribution is 2.27. The van der Waals surface area contributed by atoms with Gasteiger partial charge in [0.15, 0.2) is 0 Å². The fraction of sp³-hybridized carbons (Fsp3) is 1.00. The zero-order valence-electron chi connectivity index (χ0n) is 10.0. The number of hydrogen-bond acceptors (Lipinski definition) is 3. The van der Waals surface area contributed by atoms with E-state index in [9.17, 15) is 0 Å². The van der Waals surface area contributed by atoms with Crippen LogP contribution in [0.2, 0.25) is 0 Å². The van der Waals surface area contributed by atoms with Crippen molar-refractivity contribution in [1.82, 2.24) is 10.2 Å². The Morgan fingerprint density at radius 3 is 2.60 bits per heavy atom. The topological polar surface area (TPSA) is 24.5 Å². The quantitative estimate of drug-likeness (QED) is 0.694. The molecule has 0 aromatic rings. The molecule has 0 aliphatic carbocycles. The summed E-state index contributed by atoms with van der Waals surface area (Å²) in [5, 5.41) is 3.40. The van der Waals surface area contributed by atoms with Crippen LogP contribution in [0.3, 0.4) is 0 Å². The average Bonchev–Trinajstić information content (AvgIpc) is 2.58. The van der Waals surface area contributed by atoms with E-state index in [0.29, 0.717) is 18.2 Å². The van der Waals surface area contributed by atoms with Crippen molar-refractivity contribution in [3.05, 3.63) is 0 Å². The molecule has 0 spiro atoms. The Hall–Kier alpha value is -0.120. The second kappa shape index (κ2) is 5.28. The second-order valence-corrected chi connectivity index (χ2v) is 4.90. The van der Waals surface area contributed by atoms with Crippen molar-refractivity contribution >= 4 is 0 Å². The van der Waals surface area contributed by atoms with Gasteiger partial charge in [-0.15, -0.1) is 0 Å². The predicted molar refractivity (Wildman–Crippen MR) is 62.1 cm³/mol. The average molecular weight is 212 g/mol. The highest BCUT2D eigenvalue weighted by atomic mass is 16.5. The molecule has 0 amide bonds. The number of rotatable bonds is 5. The van der Waals surface area contributed by atoms with Crippen molar-refractivity contribution in [2.45, 2.75) is 51.4 Å². The van der Waals surface area contributed by atoms with Crippen LogP contribution < -0.4 is 5.32 Å². The van der Waals surface area contributed by atoms with Gasteiger partial charge in [0.05, 0.1) is 12.2 Å². The van der Waals surface area contributed by atoms with Gasteiger partial charge in [0.2, 0.25) is 0 Å². The van der Waals surface area contributed by atoms with Gasteiger partial charge in [-0.1, -0.05) is 6.92 Å². The van der Waals surface area contributed by atoms with Crippen LogP contribution in [0, 0.1) is 0 Å². The molecule has 3 atom stereocenters. The number of morpholine rings is 1. The van der Waals surface area contributed by atoms with Gasteiger partial charge < -0.3 is 10.1 Å². The van der Waals surface area contributed by atoms with Gasteiger partial charge in [-0.25, -0.2) is 0 Å². The molecule has 88 valence electrons. The van der Waals surface area contributed by atoms with Gasteiger partial charge in [0, 0.05) is 19.1 Å². The number of fused-ring (bicyclic) bond motifs is 2. The molecular weight excluding hydrogens is 188 g/mol. The second-order valence-electron chi connectivity index (χ2n) is 4.90. The third-order valence-electron chi connectivity index (χ3n) is 3.68. The highest BCUT2D eigenvalue weighted by molar-refractivity contribution is 4.87. The molecule has 0 aromatic carbocycles. The molecule has 1 N–H and O–H groups in total. The van der Waals surface area contributed by atoms with Crippen LogP contribution in [0.4, 0.5) is 0 Å². The summed E-state index contributed by atoms with van der Waals surface area (Å²) in [6, 6.07) is 0.705. The lowest BCUT2D eigenvalue weighted by molar-refractivity contribution is -0.0511. The summed E-state index contributed by atoms with van der Waals surface area (Å²) in [5.41, 5.74) is 0. The third-order valence-corrected chi connectivity index (χ3v) is 3.68. The smallest absolute Gasteiger partial charge is 0.0707 e. The number of ether oxygens (including phenoxy) is 1. The van der Waals surface area contributed by atoms with Gasteiger partial charge in [0.25, 0.3) is 0 Å². The molecule has 2 saturated heterocycles. The van der Waals surface area contributed by atoms with Gasteiger partial charge in [-0.05, 0) is 39.3 Å². The lowest BCUT2D eigenvalue weighted by Gasteiger charge is -2.36. The minimum atomic E-state index is 0.533. The van der Waals surface area contributed by atoms with Crippen molar-refractivity contribution in [3.8, 4) is 0 Å². The van der Waals surface area contributed by atoms with E-state index in [4.69, 9.17) is 4.74 Å². The Morgan fingerprint density at radius 1 is 1.33 bits per heavy atom. The van der Waals surface area contributed by atoms with E-state index >= 15 is 0 Å². The van der Waals surface area contributed by atoms with E-state index in [1.54, 1.807) is 0 Å². The summed E-state index contributed by atoms with van der Waals surface area (Å²) < 4.78 is 5.85. The molecule has 0 radical (unpaired) electrons. The van der Waals surface area contributed by atoms with Crippen LogP contribution in [0.5, 0.6) is 0 Å². The number of hydrogen-bond donors (Lipinski definition) is 1. The van der Waals surface area contributed by atoms with Gasteiger partial charge >= 0.3 is 0 Å². The molecule has 2 aliphatic rings. The van der Waals surface area contributed by atoms with Crippen LogP contribution in [-0.2, 0) is 4.74 Å². The minimum absolute atomic E-state index is 0.533. The molecule has 3 heteroatoms. The van der Waals surface area contributed by atoms with Crippen molar-refractivity contribution in [2.75, 3.05) is 26.2 Å². The normalized spacial score (nSPS) is 33.2. The summed E-state index contributed by atoms with van der Waals surface area (Å²) in [6.07, 6.45) is 4.88. The SMILES string of the molecule is CCNCCC(C)N1CC2CCC(C1)O2. The summed E-state index contributed by atoms with van der Waals surface area (Å²) in [7, 11) is 0. The molecule has 2 rings (SSSR count). The fourth-order valence-corrected chi connectivity index (χ4v) is 2.68. The molecule has 2 aliphatic heterocycles. The fourth-order valence-electron chi connectivity index (χ4n) is 2.68. The monoisotopic (exact) mass is 212 g/mol. The number of nitrogens with zero attached hydrogens (tertiary/aromatic N) is 1. The van der Waals surface area contributed by atoms with Crippen LogP contribution in [-0.4, -0.2) is 49.3 Å². The molecule has 15 heavy (non-hydrogen) atoms. The molecule has 0 saturated carbocycles. The maximum Gasteiger partial charge on any atom is 0.0707 e. The van der Waals surface area contributed by atoms with Gasteiger partial charge in [-0.2, -0.15) is 0 Å². The first-order valence-corrected chi connectivity index (χ1v) is 6.39. The highest BCUT2D eigenvalue weighted by Gasteiger charge is 2.35. The van der Waals surface area contributed by atoms with Crippen LogP contribution in [0.25, 0.3) is 0 Å². The Kier molecular flexibility index (Phi) is 4.00. The maximum atomic E-state index is 5.85. The lowest BCUT2D eigenvalue weighted by atomic mass is 10.1. The molecule has 2 fully saturated rings. The summed E-state index contributed by atoms with van der Waals surface area (Å²) in [6.45, 7) is 9.06. The van der Waals surface area contributed by atoms with Crippen LogP contribution in [0.1, 0.15) is 33.1 Å². The Labute approximate surface area is 93.2 Å². The first-order chi connectivity index (χ1) is 7.29. The summed E-state index contributed by atoms with van der Waals surface area (Å²) >= 11 is 0. The van der Waals surface area contributed by atoms with Gasteiger partial charge in [0.1, 0.15) is 0 Å². The standard InChI is InChI=1S/C12H24N2O/c1-3-13-7-6-10(2)14-8-11-4-5-12(9-14)15-11/h10-13H,3-9H2,1-2H3. The number of nitrogens with one attached hydrogen (secondary N) is 1. The molecule has 2 heterocycles. The number of likely N-dealkylation sites (tertiary alicyclic amines) is 1. The Balaban J connectivity index is 1.73. The molecule has 3 unspecified atom stereocenters. The van der Waals surface area contributed by atoms with E-state index in [1.165, 1.54) is 19.3 Å². The van der Waals surface area contributed by atoms with E-state index in [1.807, 2.05) is 0 Å². The predicted octanol–water partition coefficient (Wildman–Crippen LogP) is 1.24. The van der Waals surface area contributed by atoms with Crippen molar-refractivity contribution in [1.29, 1.82) is 0 Å². The first kappa shape index (κ1) is 11.4. The first-order valence-electron chi connectivity index (χ1n) is 6.39. The van der Waals surface area contributed by atoms with Crippen molar-refractivity contribution in [3.63, 3.8) is 0 Å². The minimum Gasteiger partial charge on any atom is -0.372 e. The molecule has 2 bridgehead atoms. The Morgan fingerprint density at radius 2 is 2.00 bits per heavy atom. The summed E-state index contributed by atoms with van der Waals surface area (Å²) in [5.74, 6) is 0. The summed E-state index contributed by atoms with van der Waals surface area (Å²) in [4.78, 5) is 2.61. The lowest BCUT2D eigenvalue weighted by Crippen LogP contribution is -2.47. The Bertz CT molecular complexity index is 186. The van der Waals surface area contributed by atoms with Crippen molar-refractivity contribution in [2.24, 2.45) is 0 Å². The van der Waals surface area contributed by atoms with E-state index in [0.717, 1.165) is 26.2 Å². The largest absolute Gasteiger partial charge is 0.372 e. The third kappa shape index (κ3) is 2.92. The van der Waals surface area contributed by atoms with Crippen molar-refractivity contribution < 1.29 is 4.74 Å². The van der Waals surface area contributed by atoms with Crippen LogP contribution >= 0.6 is 0 Å². The van der Waals surface area contributed by atoms with Crippen LogP contribution in [0.15, 0.2) is 0 Å².